The summed E-state index contributed by atoms with van der Waals surface area (Å²) in [4.78, 5) is 45.1. The molecule has 11 heteroatoms. The lowest BCUT2D eigenvalue weighted by Crippen LogP contribution is -2.36. The number of carbonyl (C=O) groups is 2. The van der Waals surface area contributed by atoms with Crippen LogP contribution in [0.1, 0.15) is 60.5 Å². The third-order valence-electron chi connectivity index (χ3n) is 6.16. The van der Waals surface area contributed by atoms with Crippen LogP contribution in [-0.4, -0.2) is 47.7 Å². The third-order valence-corrected chi connectivity index (χ3v) is 7.11. The molecular weight excluding hydrogens is 504 g/mol. The minimum Gasteiger partial charge on any atom is -0.466 e. The van der Waals surface area contributed by atoms with Gasteiger partial charge in [0.15, 0.2) is 0 Å². The Bertz CT molecular complexity index is 1400. The zero-order valence-corrected chi connectivity index (χ0v) is 22.1. The maximum absolute atomic E-state index is 13.7. The van der Waals surface area contributed by atoms with E-state index in [9.17, 15) is 19.6 Å². The fraction of sp³-hybridized carbons (Fsp3) is 0.407. The van der Waals surface area contributed by atoms with E-state index in [1.165, 1.54) is 11.3 Å². The molecule has 4 rings (SSSR count). The predicted octanol–water partition coefficient (Wildman–Crippen LogP) is 3.58. The summed E-state index contributed by atoms with van der Waals surface area (Å²) in [7, 11) is 0. The van der Waals surface area contributed by atoms with Crippen molar-refractivity contribution < 1.29 is 14.3 Å². The summed E-state index contributed by atoms with van der Waals surface area (Å²) < 4.78 is 6.94. The Labute approximate surface area is 225 Å². The van der Waals surface area contributed by atoms with Gasteiger partial charge in [0, 0.05) is 38.0 Å². The van der Waals surface area contributed by atoms with Gasteiger partial charge in [-0.2, -0.15) is 5.26 Å². The van der Waals surface area contributed by atoms with Crippen LogP contribution in [0, 0.1) is 23.2 Å². The Morgan fingerprint density at radius 2 is 1.95 bits per heavy atom. The number of ether oxygens (including phenoxy) is 1. The molecule has 1 aromatic carbocycles. The van der Waals surface area contributed by atoms with Crippen LogP contribution >= 0.6 is 11.3 Å². The second-order valence-corrected chi connectivity index (χ2v) is 9.49. The number of esters is 1. The molecule has 38 heavy (non-hydrogen) atoms. The van der Waals surface area contributed by atoms with Gasteiger partial charge < -0.3 is 15.0 Å². The second-order valence-electron chi connectivity index (χ2n) is 8.61. The number of nitrogens with zero attached hydrogens (tertiary/aromatic N) is 5. The van der Waals surface area contributed by atoms with Crippen LogP contribution in [0.25, 0.3) is 10.2 Å². The molecule has 0 unspecified atom stereocenters. The minimum absolute atomic E-state index is 0.223. The smallest absolute Gasteiger partial charge is 0.305 e. The molecule has 0 saturated carbocycles. The molecule has 0 atom stereocenters. The van der Waals surface area contributed by atoms with E-state index in [-0.39, 0.29) is 30.4 Å². The number of amides is 1. The average Bonchev–Trinajstić information content (AvgIpc) is 3.39. The maximum Gasteiger partial charge on any atom is 0.305 e. The lowest BCUT2D eigenvalue weighted by molar-refractivity contribution is -0.143. The van der Waals surface area contributed by atoms with Gasteiger partial charge in [-0.1, -0.05) is 18.2 Å². The van der Waals surface area contributed by atoms with Crippen molar-refractivity contribution in [2.45, 2.75) is 45.6 Å². The molecule has 1 amide bonds. The van der Waals surface area contributed by atoms with Crippen LogP contribution in [0.4, 0.5) is 5.95 Å². The first-order valence-corrected chi connectivity index (χ1v) is 13.4. The van der Waals surface area contributed by atoms with Gasteiger partial charge in [-0.15, -0.1) is 11.3 Å². The Hall–Kier alpha value is -4.22. The van der Waals surface area contributed by atoms with Crippen molar-refractivity contribution in [3.8, 4) is 12.6 Å². The molecule has 1 N–H and O–H groups in total. The molecule has 1 fully saturated rings. The Morgan fingerprint density at radius 3 is 2.66 bits per heavy atom. The molecule has 0 aliphatic carbocycles. The van der Waals surface area contributed by atoms with E-state index >= 15 is 0 Å². The fourth-order valence-electron chi connectivity index (χ4n) is 4.33. The van der Waals surface area contributed by atoms with Crippen molar-refractivity contribution in [3.05, 3.63) is 56.7 Å². The summed E-state index contributed by atoms with van der Waals surface area (Å²) in [5, 5.41) is 20.5. The topological polar surface area (TPSA) is 141 Å². The highest BCUT2D eigenvalue weighted by atomic mass is 32.1. The summed E-state index contributed by atoms with van der Waals surface area (Å²) in [6, 6.07) is 9.44. The van der Waals surface area contributed by atoms with Gasteiger partial charge in [0.1, 0.15) is 10.2 Å². The summed E-state index contributed by atoms with van der Waals surface area (Å²) >= 11 is 1.20. The SMILES string of the molecule is C#N.CCOC(=O)CCCNC(=O)c1csc2c(=O)n(Cc3ccccc3C#N)c(N3CCCCC3)nc12. The number of benzene rings is 1. The first kappa shape index (κ1) is 28.4. The van der Waals surface area contributed by atoms with Crippen molar-refractivity contribution in [2.24, 2.45) is 0 Å². The van der Waals surface area contributed by atoms with E-state index in [0.717, 1.165) is 37.9 Å². The molecule has 2 aromatic heterocycles. The van der Waals surface area contributed by atoms with Crippen molar-refractivity contribution in [1.82, 2.24) is 14.9 Å². The number of aromatic nitrogens is 2. The normalized spacial score (nSPS) is 12.7. The van der Waals surface area contributed by atoms with Gasteiger partial charge in [0.05, 0.1) is 30.3 Å². The number of fused-ring (bicyclic) bond motifs is 1. The largest absolute Gasteiger partial charge is 0.466 e. The van der Waals surface area contributed by atoms with E-state index < -0.39 is 0 Å². The van der Waals surface area contributed by atoms with Crippen molar-refractivity contribution in [2.75, 3.05) is 31.1 Å². The first-order chi connectivity index (χ1) is 18.5. The standard InChI is InChI=1S/C26H29N5O4S.CHN/c1-2-35-21(32)11-8-12-28-24(33)20-17-36-23-22(20)29-26(30-13-6-3-7-14-30)31(25(23)34)16-19-10-5-4-9-18(19)15-27;1-2/h4-5,9-10,17H,2-3,6-8,11-14,16H2,1H3,(H,28,33);1H. The Balaban J connectivity index is 0.00000195. The monoisotopic (exact) mass is 534 g/mol. The van der Waals surface area contributed by atoms with Crippen LogP contribution in [0.15, 0.2) is 34.4 Å². The summed E-state index contributed by atoms with van der Waals surface area (Å²) in [5.74, 6) is -0.0945. The number of anilines is 1. The fourth-order valence-corrected chi connectivity index (χ4v) is 5.26. The molecular formula is C27H30N6O4S. The number of rotatable bonds is 9. The molecule has 3 heterocycles. The van der Waals surface area contributed by atoms with Gasteiger partial charge in [-0.25, -0.2) is 10.2 Å². The molecule has 0 spiro atoms. The van der Waals surface area contributed by atoms with Crippen molar-refractivity contribution in [3.63, 3.8) is 0 Å². The molecule has 0 bridgehead atoms. The van der Waals surface area contributed by atoms with Gasteiger partial charge in [0.2, 0.25) is 5.95 Å². The molecule has 10 nitrogen and oxygen atoms in total. The number of thiophene rings is 1. The van der Waals surface area contributed by atoms with Crippen LogP contribution in [0.3, 0.4) is 0 Å². The summed E-state index contributed by atoms with van der Waals surface area (Å²) in [6.45, 7) is 7.68. The summed E-state index contributed by atoms with van der Waals surface area (Å²) in [6.07, 6.45) is 3.81. The zero-order chi connectivity index (χ0) is 27.5. The molecule has 198 valence electrons. The number of hydrogen-bond donors (Lipinski definition) is 1. The van der Waals surface area contributed by atoms with E-state index in [1.54, 1.807) is 29.0 Å². The van der Waals surface area contributed by atoms with Gasteiger partial charge >= 0.3 is 5.97 Å². The first-order valence-electron chi connectivity index (χ1n) is 12.5. The maximum atomic E-state index is 13.7. The molecule has 1 saturated heterocycles. The number of nitriles is 2. The predicted molar refractivity (Wildman–Crippen MR) is 145 cm³/mol. The quantitative estimate of drug-likeness (QED) is 0.324. The summed E-state index contributed by atoms with van der Waals surface area (Å²) in [5.41, 5.74) is 1.78. The van der Waals surface area contributed by atoms with E-state index in [4.69, 9.17) is 15.0 Å². The van der Waals surface area contributed by atoms with Crippen LogP contribution in [-0.2, 0) is 16.1 Å². The average molecular weight is 535 g/mol. The Kier molecular flexibility index (Phi) is 10.4. The van der Waals surface area contributed by atoms with Crippen LogP contribution < -0.4 is 15.8 Å². The van der Waals surface area contributed by atoms with E-state index in [1.807, 2.05) is 12.1 Å². The number of hydrogen-bond acceptors (Lipinski definition) is 9. The highest BCUT2D eigenvalue weighted by Gasteiger charge is 2.24. The highest BCUT2D eigenvalue weighted by Crippen LogP contribution is 2.26. The third kappa shape index (κ3) is 6.55. The van der Waals surface area contributed by atoms with Crippen LogP contribution in [0.5, 0.6) is 0 Å². The lowest BCUT2D eigenvalue weighted by atomic mass is 10.1. The number of piperidine rings is 1. The molecule has 1 aliphatic heterocycles. The molecule has 0 radical (unpaired) electrons. The lowest BCUT2D eigenvalue weighted by Gasteiger charge is -2.29. The zero-order valence-electron chi connectivity index (χ0n) is 21.3. The van der Waals surface area contributed by atoms with Gasteiger partial charge in [-0.3, -0.25) is 19.0 Å². The van der Waals surface area contributed by atoms with Crippen LogP contribution in [0.2, 0.25) is 0 Å². The molecule has 1 aliphatic rings. The second kappa shape index (κ2) is 13.9. The van der Waals surface area contributed by atoms with E-state index in [0.29, 0.717) is 46.9 Å². The minimum atomic E-state index is -0.325. The van der Waals surface area contributed by atoms with Gasteiger partial charge in [0.25, 0.3) is 11.5 Å². The van der Waals surface area contributed by atoms with E-state index in [2.05, 4.69) is 22.9 Å². The van der Waals surface area contributed by atoms with Crippen molar-refractivity contribution in [1.29, 1.82) is 10.5 Å². The van der Waals surface area contributed by atoms with Gasteiger partial charge in [-0.05, 0) is 44.2 Å². The molecule has 3 aromatic rings. The number of carbonyl (C=O) groups excluding carboxylic acids is 2. The van der Waals surface area contributed by atoms with Crippen molar-refractivity contribution >= 4 is 39.4 Å². The highest BCUT2D eigenvalue weighted by molar-refractivity contribution is 7.17. The Morgan fingerprint density at radius 1 is 1.21 bits per heavy atom. The number of nitrogens with one attached hydrogen (secondary N) is 1.